The van der Waals surface area contributed by atoms with Crippen molar-refractivity contribution in [2.75, 3.05) is 14.1 Å². The molecule has 0 spiro atoms. The Kier molecular flexibility index (Phi) is 9.04. The summed E-state index contributed by atoms with van der Waals surface area (Å²) in [6.07, 6.45) is 5.42. The molecule has 242 valence electrons. The molecule has 0 fully saturated rings. The van der Waals surface area contributed by atoms with Gasteiger partial charge in [-0.25, -0.2) is 4.98 Å². The zero-order valence-electron chi connectivity index (χ0n) is 28.3. The summed E-state index contributed by atoms with van der Waals surface area (Å²) < 4.78 is 10.7. The summed E-state index contributed by atoms with van der Waals surface area (Å²) in [5.41, 5.74) is 10.1. The van der Waals surface area contributed by atoms with Gasteiger partial charge in [-0.2, -0.15) is 16.7 Å². The Bertz CT molecular complexity index is 2140. The number of hydrogen-bond acceptors (Lipinski definition) is 4. The van der Waals surface area contributed by atoms with Crippen LogP contribution < -0.4 is 4.74 Å². The van der Waals surface area contributed by atoms with Gasteiger partial charge in [0.1, 0.15) is 5.82 Å². The summed E-state index contributed by atoms with van der Waals surface area (Å²) in [5, 5.41) is 7.32. The predicted octanol–water partition coefficient (Wildman–Crippen LogP) is 8.99. The monoisotopic (exact) mass is 802 g/mol. The van der Waals surface area contributed by atoms with Crippen molar-refractivity contribution in [2.24, 2.45) is 5.92 Å². The van der Waals surface area contributed by atoms with Crippen molar-refractivity contribution >= 4 is 21.8 Å². The molecule has 0 N–H and O–H groups in total. The van der Waals surface area contributed by atoms with Crippen LogP contribution in [0.3, 0.4) is 0 Å². The third-order valence-corrected chi connectivity index (χ3v) is 9.56. The number of aryl methyl sites for hydroxylation is 3. The van der Waals surface area contributed by atoms with E-state index >= 15 is 0 Å². The Morgan fingerprint density at radius 1 is 0.872 bits per heavy atom. The minimum atomic E-state index is 0. The molecule has 47 heavy (non-hydrogen) atoms. The number of rotatable bonds is 6. The minimum Gasteiger partial charge on any atom is -0.509 e. The number of benzene rings is 3. The fourth-order valence-electron chi connectivity index (χ4n) is 7.42. The third kappa shape index (κ3) is 5.98. The van der Waals surface area contributed by atoms with E-state index in [0.717, 1.165) is 62.2 Å². The maximum atomic E-state index is 6.50. The normalized spacial score (nSPS) is 18.1. The van der Waals surface area contributed by atoms with Crippen LogP contribution in [-0.2, 0) is 21.1 Å². The van der Waals surface area contributed by atoms with Gasteiger partial charge >= 0.3 is 21.1 Å². The van der Waals surface area contributed by atoms with Gasteiger partial charge in [0.25, 0.3) is 0 Å². The van der Waals surface area contributed by atoms with Crippen LogP contribution in [0.4, 0.5) is 0 Å². The Labute approximate surface area is 292 Å². The number of nitrogens with zero attached hydrogens (tertiary/aromatic N) is 5. The van der Waals surface area contributed by atoms with Gasteiger partial charge in [-0.1, -0.05) is 49.2 Å². The van der Waals surface area contributed by atoms with Crippen LogP contribution in [0, 0.1) is 45.7 Å². The average molecular weight is 803 g/mol. The number of likely N-dealkylation sites (N-methyl/N-ethyl adjacent to an activating group) is 1. The molecule has 0 saturated carbocycles. The summed E-state index contributed by atoms with van der Waals surface area (Å²) in [7, 11) is 4.33. The molecule has 1 unspecified atom stereocenters. The molecule has 3 heterocycles. The second-order valence-electron chi connectivity index (χ2n) is 13.3. The zero-order chi connectivity index (χ0) is 32.3. The molecule has 6 nitrogen and oxygen atoms in total. The van der Waals surface area contributed by atoms with Crippen molar-refractivity contribution < 1.29 is 25.8 Å². The largest absolute Gasteiger partial charge is 2.00 e. The molecule has 6 aromatic rings. The average Bonchev–Trinajstić information content (AvgIpc) is 3.49. The van der Waals surface area contributed by atoms with Crippen LogP contribution in [0.1, 0.15) is 54.3 Å². The molecule has 1 aliphatic carbocycles. The SMILES string of the molecule is CC1=C[C@H](N(C)C)C[C@H](C)C1c1c(C)nn(-c2[c-]c(Oc3[c-]c4c(cc3)c3ccccc3n4-c3cc(C)ccn3)cc(C)c2)c1C.[Pt+2]. The minimum absolute atomic E-state index is 0. The quantitative estimate of drug-likeness (QED) is 0.125. The van der Waals surface area contributed by atoms with Crippen LogP contribution in [0.25, 0.3) is 33.3 Å². The maximum Gasteiger partial charge on any atom is 2.00 e. The molecule has 3 aromatic carbocycles. The number of ether oxygens (including phenoxy) is 1. The summed E-state index contributed by atoms with van der Waals surface area (Å²) in [6, 6.07) is 28.3. The van der Waals surface area contributed by atoms with Gasteiger partial charge in [-0.15, -0.1) is 35.7 Å². The first-order valence-corrected chi connectivity index (χ1v) is 16.1. The van der Waals surface area contributed by atoms with Gasteiger partial charge in [-0.05, 0) is 89.0 Å². The summed E-state index contributed by atoms with van der Waals surface area (Å²) in [6.45, 7) is 13.1. The van der Waals surface area contributed by atoms with Gasteiger partial charge in [-0.3, -0.25) is 4.68 Å². The zero-order valence-corrected chi connectivity index (χ0v) is 30.6. The molecule has 7 rings (SSSR count). The van der Waals surface area contributed by atoms with Crippen LogP contribution in [0.15, 0.2) is 78.5 Å². The molecule has 3 aromatic heterocycles. The van der Waals surface area contributed by atoms with E-state index < -0.39 is 0 Å². The van der Waals surface area contributed by atoms with E-state index in [0.29, 0.717) is 29.4 Å². The Hall–Kier alpha value is -3.99. The molecular formula is C40H41N5OPt. The fourth-order valence-corrected chi connectivity index (χ4v) is 7.42. The van der Waals surface area contributed by atoms with Gasteiger partial charge < -0.3 is 14.2 Å². The second kappa shape index (κ2) is 12.9. The predicted molar refractivity (Wildman–Crippen MR) is 187 cm³/mol. The molecule has 7 heteroatoms. The van der Waals surface area contributed by atoms with Crippen molar-refractivity contribution in [3.05, 3.63) is 119 Å². The van der Waals surface area contributed by atoms with Crippen molar-refractivity contribution in [1.29, 1.82) is 0 Å². The first-order chi connectivity index (χ1) is 22.1. The third-order valence-electron chi connectivity index (χ3n) is 9.56. The number of hydrogen-bond donors (Lipinski definition) is 0. The number of aromatic nitrogens is 4. The molecule has 0 bridgehead atoms. The van der Waals surface area contributed by atoms with E-state index in [4.69, 9.17) is 14.8 Å². The van der Waals surface area contributed by atoms with Crippen molar-refractivity contribution in [1.82, 2.24) is 24.2 Å². The van der Waals surface area contributed by atoms with E-state index in [-0.39, 0.29) is 21.1 Å². The van der Waals surface area contributed by atoms with E-state index in [1.54, 1.807) is 0 Å². The standard InChI is InChI=1S/C40H41N5O.Pt/c1-24-15-16-41-38(19-24)44-36-12-10-9-11-34(36)35-14-13-32(23-37(35)44)46-33-18-25(2)17-31(22-33)45-29(6)40(28(5)42-45)39-26(3)20-30(43(7)8)21-27(39)4;/h9-20,27,30,39H,21H2,1-8H3;/q-2;+2/t27-,30-,39?;/m0./s1. The molecule has 0 radical (unpaired) electrons. The van der Waals surface area contributed by atoms with Gasteiger partial charge in [0.05, 0.1) is 5.69 Å². The van der Waals surface area contributed by atoms with Crippen molar-refractivity contribution in [2.45, 2.75) is 59.9 Å². The fraction of sp³-hybridized carbons (Fsp3) is 0.300. The smallest absolute Gasteiger partial charge is 0.509 e. The molecule has 0 saturated heterocycles. The van der Waals surface area contributed by atoms with Crippen molar-refractivity contribution in [3.63, 3.8) is 0 Å². The van der Waals surface area contributed by atoms with E-state index in [1.165, 1.54) is 11.1 Å². The first-order valence-electron chi connectivity index (χ1n) is 16.1. The summed E-state index contributed by atoms with van der Waals surface area (Å²) >= 11 is 0. The number of pyridine rings is 1. The number of para-hydroxylation sites is 1. The van der Waals surface area contributed by atoms with E-state index in [2.05, 4.69) is 126 Å². The molecule has 0 amide bonds. The van der Waals surface area contributed by atoms with Gasteiger partial charge in [0, 0.05) is 46.4 Å². The van der Waals surface area contributed by atoms with Crippen LogP contribution in [-0.4, -0.2) is 44.4 Å². The van der Waals surface area contributed by atoms with Gasteiger partial charge in [0.2, 0.25) is 0 Å². The summed E-state index contributed by atoms with van der Waals surface area (Å²) in [4.78, 5) is 7.02. The Morgan fingerprint density at radius 2 is 1.66 bits per heavy atom. The second-order valence-corrected chi connectivity index (χ2v) is 13.3. The Balaban J connectivity index is 0.00000386. The van der Waals surface area contributed by atoms with Crippen molar-refractivity contribution in [3.8, 4) is 23.0 Å². The molecular weight excluding hydrogens is 762 g/mol. The van der Waals surface area contributed by atoms with Gasteiger partial charge in [0.15, 0.2) is 0 Å². The van der Waals surface area contributed by atoms with Crippen LogP contribution in [0.5, 0.6) is 11.5 Å². The molecule has 3 atom stereocenters. The topological polar surface area (TPSA) is 48.1 Å². The Morgan fingerprint density at radius 3 is 2.40 bits per heavy atom. The van der Waals surface area contributed by atoms with E-state index in [1.807, 2.05) is 29.1 Å². The molecule has 1 aliphatic rings. The van der Waals surface area contributed by atoms with Crippen LogP contribution in [0.2, 0.25) is 0 Å². The summed E-state index contributed by atoms with van der Waals surface area (Å²) in [5.74, 6) is 2.98. The number of fused-ring (bicyclic) bond motifs is 3. The molecule has 0 aliphatic heterocycles. The number of allylic oxidation sites excluding steroid dienone is 1. The van der Waals surface area contributed by atoms with Crippen LogP contribution >= 0.6 is 0 Å². The first kappa shape index (κ1) is 32.9. The van der Waals surface area contributed by atoms with E-state index in [9.17, 15) is 0 Å². The maximum absolute atomic E-state index is 6.50.